The average Bonchev–Trinajstić information content (AvgIpc) is 3.22. The first-order chi connectivity index (χ1) is 14.8. The molecule has 9 heteroatoms. The van der Waals surface area contributed by atoms with Gasteiger partial charge in [0.25, 0.3) is 5.91 Å². The molecule has 4 aromatic rings. The minimum Gasteiger partial charge on any atom is -0.406 e. The van der Waals surface area contributed by atoms with Gasteiger partial charge in [-0.05, 0) is 43.3 Å². The number of benzene rings is 2. The smallest absolute Gasteiger partial charge is 0.406 e. The van der Waals surface area contributed by atoms with Crippen LogP contribution in [-0.2, 0) is 6.54 Å². The summed E-state index contributed by atoms with van der Waals surface area (Å²) in [5.74, 6) is -0.776. The van der Waals surface area contributed by atoms with Crippen molar-refractivity contribution in [3.63, 3.8) is 0 Å². The van der Waals surface area contributed by atoms with Gasteiger partial charge >= 0.3 is 6.36 Å². The molecule has 0 aliphatic rings. The van der Waals surface area contributed by atoms with E-state index in [1.54, 1.807) is 29.1 Å². The molecule has 0 saturated carbocycles. The molecule has 2 aromatic heterocycles. The van der Waals surface area contributed by atoms with Gasteiger partial charge in [0.05, 0.1) is 23.0 Å². The molecule has 2 aromatic carbocycles. The maximum atomic E-state index is 13.0. The normalized spacial score (nSPS) is 11.5. The van der Waals surface area contributed by atoms with Gasteiger partial charge in [-0.2, -0.15) is 5.10 Å². The van der Waals surface area contributed by atoms with E-state index in [1.165, 1.54) is 12.1 Å². The van der Waals surface area contributed by atoms with E-state index in [9.17, 15) is 18.0 Å². The van der Waals surface area contributed by atoms with E-state index >= 15 is 0 Å². The third-order valence-electron chi connectivity index (χ3n) is 4.56. The minimum absolute atomic E-state index is 0.334. The van der Waals surface area contributed by atoms with Crippen LogP contribution in [0.25, 0.3) is 22.2 Å². The summed E-state index contributed by atoms with van der Waals surface area (Å²) in [6.07, 6.45) is -1.25. The summed E-state index contributed by atoms with van der Waals surface area (Å²) in [4.78, 5) is 17.6. The molecule has 0 bridgehead atoms. The fraction of sp³-hybridized carbons (Fsp3) is 0.136. The number of carbonyl (C=O) groups is 1. The maximum Gasteiger partial charge on any atom is 0.573 e. The highest BCUT2D eigenvalue weighted by atomic mass is 19.4. The van der Waals surface area contributed by atoms with E-state index in [0.717, 1.165) is 17.7 Å². The number of nitrogens with one attached hydrogen (secondary N) is 1. The number of pyridine rings is 1. The van der Waals surface area contributed by atoms with Crippen molar-refractivity contribution >= 4 is 22.5 Å². The minimum atomic E-state index is -4.78. The summed E-state index contributed by atoms with van der Waals surface area (Å²) in [7, 11) is 0. The highest BCUT2D eigenvalue weighted by Crippen LogP contribution is 2.27. The number of para-hydroxylation sites is 1. The number of nitrogens with zero attached hydrogens (tertiary/aromatic N) is 3. The molecule has 6 nitrogen and oxygen atoms in total. The lowest BCUT2D eigenvalue weighted by Crippen LogP contribution is -2.17. The standard InChI is InChI=1S/C22H17F3N4O2/c1-2-29-13-14(12-26-29)20-11-18(17-5-3-4-6-19(17)28-20)21(30)27-15-7-9-16(10-8-15)31-22(23,24)25/h3-13H,2H2,1H3,(H,27,30). The van der Waals surface area contributed by atoms with Crippen molar-refractivity contribution in [3.8, 4) is 17.0 Å². The van der Waals surface area contributed by atoms with Crippen LogP contribution < -0.4 is 10.1 Å². The molecule has 0 aliphatic heterocycles. The van der Waals surface area contributed by atoms with Crippen molar-refractivity contribution in [3.05, 3.63) is 72.6 Å². The first kappa shape index (κ1) is 20.4. The Morgan fingerprint density at radius 3 is 2.55 bits per heavy atom. The second-order valence-electron chi connectivity index (χ2n) is 6.68. The first-order valence-electron chi connectivity index (χ1n) is 9.42. The fourth-order valence-corrected chi connectivity index (χ4v) is 3.12. The van der Waals surface area contributed by atoms with Crippen LogP contribution in [0.1, 0.15) is 17.3 Å². The molecular weight excluding hydrogens is 409 g/mol. The van der Waals surface area contributed by atoms with Gasteiger partial charge in [-0.3, -0.25) is 9.48 Å². The molecule has 0 radical (unpaired) electrons. The maximum absolute atomic E-state index is 13.0. The highest BCUT2D eigenvalue weighted by molar-refractivity contribution is 6.13. The van der Waals surface area contributed by atoms with E-state index in [-0.39, 0.29) is 5.75 Å². The molecule has 0 spiro atoms. The fourth-order valence-electron chi connectivity index (χ4n) is 3.12. The van der Waals surface area contributed by atoms with Crippen LogP contribution in [0.2, 0.25) is 0 Å². The summed E-state index contributed by atoms with van der Waals surface area (Å²) in [5, 5.41) is 7.62. The number of rotatable bonds is 5. The SMILES string of the molecule is CCn1cc(-c2cc(C(=O)Nc3ccc(OC(F)(F)F)cc3)c3ccccc3n2)cn1. The molecule has 2 heterocycles. The number of amides is 1. The lowest BCUT2D eigenvalue weighted by molar-refractivity contribution is -0.274. The van der Waals surface area contributed by atoms with Crippen molar-refractivity contribution in [2.45, 2.75) is 19.8 Å². The van der Waals surface area contributed by atoms with Crippen LogP contribution in [-0.4, -0.2) is 27.0 Å². The number of hydrogen-bond acceptors (Lipinski definition) is 4. The predicted octanol–water partition coefficient (Wildman–Crippen LogP) is 5.27. The third kappa shape index (κ3) is 4.66. The van der Waals surface area contributed by atoms with Gasteiger partial charge in [0.1, 0.15) is 5.75 Å². The second-order valence-corrected chi connectivity index (χ2v) is 6.68. The van der Waals surface area contributed by atoms with Crippen molar-refractivity contribution < 1.29 is 22.7 Å². The summed E-state index contributed by atoms with van der Waals surface area (Å²) in [6.45, 7) is 2.67. The van der Waals surface area contributed by atoms with Crippen molar-refractivity contribution in [2.75, 3.05) is 5.32 Å². The van der Waals surface area contributed by atoms with Crippen LogP contribution in [0.4, 0.5) is 18.9 Å². The summed E-state index contributed by atoms with van der Waals surface area (Å²) >= 11 is 0. The van der Waals surface area contributed by atoms with Gasteiger partial charge in [0.2, 0.25) is 0 Å². The van der Waals surface area contributed by atoms with Gasteiger partial charge in [0.15, 0.2) is 0 Å². The van der Waals surface area contributed by atoms with Gasteiger partial charge in [-0.1, -0.05) is 18.2 Å². The predicted molar refractivity (Wildman–Crippen MR) is 110 cm³/mol. The van der Waals surface area contributed by atoms with E-state index in [2.05, 4.69) is 20.1 Å². The lowest BCUT2D eigenvalue weighted by atomic mass is 10.0. The van der Waals surface area contributed by atoms with Gasteiger partial charge in [0, 0.05) is 29.4 Å². The molecule has 1 amide bonds. The monoisotopic (exact) mass is 426 g/mol. The second kappa shape index (κ2) is 8.10. The van der Waals surface area contributed by atoms with E-state index in [1.807, 2.05) is 25.3 Å². The number of aromatic nitrogens is 3. The molecule has 0 atom stereocenters. The van der Waals surface area contributed by atoms with E-state index in [4.69, 9.17) is 0 Å². The molecule has 31 heavy (non-hydrogen) atoms. The Balaban J connectivity index is 1.65. The van der Waals surface area contributed by atoms with Crippen LogP contribution in [0.3, 0.4) is 0 Å². The van der Waals surface area contributed by atoms with Crippen molar-refractivity contribution in [1.82, 2.24) is 14.8 Å². The van der Waals surface area contributed by atoms with Gasteiger partial charge in [-0.25, -0.2) is 4.98 Å². The Bertz CT molecular complexity index is 1230. The Labute approximate surface area is 175 Å². The largest absolute Gasteiger partial charge is 0.573 e. The van der Waals surface area contributed by atoms with Crippen molar-refractivity contribution in [1.29, 1.82) is 0 Å². The zero-order valence-electron chi connectivity index (χ0n) is 16.3. The number of halogens is 3. The molecular formula is C22H17F3N4O2. The summed E-state index contributed by atoms with van der Waals surface area (Å²) in [5.41, 5.74) is 2.73. The third-order valence-corrected chi connectivity index (χ3v) is 4.56. The first-order valence-corrected chi connectivity index (χ1v) is 9.42. The van der Waals surface area contributed by atoms with Crippen LogP contribution in [0, 0.1) is 0 Å². The van der Waals surface area contributed by atoms with Crippen LogP contribution in [0.5, 0.6) is 5.75 Å². The number of aryl methyl sites for hydroxylation is 1. The molecule has 158 valence electrons. The Kier molecular flexibility index (Phi) is 5.33. The molecule has 0 saturated heterocycles. The number of carbonyl (C=O) groups excluding carboxylic acids is 1. The highest BCUT2D eigenvalue weighted by Gasteiger charge is 2.31. The zero-order valence-corrected chi connectivity index (χ0v) is 16.3. The average molecular weight is 426 g/mol. The van der Waals surface area contributed by atoms with E-state index < -0.39 is 12.3 Å². The topological polar surface area (TPSA) is 69.0 Å². The number of anilines is 1. The molecule has 0 aliphatic carbocycles. The Morgan fingerprint density at radius 2 is 1.87 bits per heavy atom. The van der Waals surface area contributed by atoms with Gasteiger partial charge in [-0.15, -0.1) is 13.2 Å². The summed E-state index contributed by atoms with van der Waals surface area (Å²) < 4.78 is 42.6. The zero-order chi connectivity index (χ0) is 22.0. The molecule has 4 rings (SSSR count). The quantitative estimate of drug-likeness (QED) is 0.472. The number of fused-ring (bicyclic) bond motifs is 1. The Morgan fingerprint density at radius 1 is 1.13 bits per heavy atom. The number of alkyl halides is 3. The summed E-state index contributed by atoms with van der Waals surface area (Å²) in [6, 6.07) is 13.9. The van der Waals surface area contributed by atoms with Gasteiger partial charge < -0.3 is 10.1 Å². The molecule has 0 fully saturated rings. The number of ether oxygens (including phenoxy) is 1. The number of hydrogen-bond donors (Lipinski definition) is 1. The molecule has 0 unspecified atom stereocenters. The van der Waals surface area contributed by atoms with Crippen LogP contribution in [0.15, 0.2) is 67.0 Å². The lowest BCUT2D eigenvalue weighted by Gasteiger charge is -2.11. The molecule has 1 N–H and O–H groups in total. The van der Waals surface area contributed by atoms with Crippen LogP contribution >= 0.6 is 0 Å². The van der Waals surface area contributed by atoms with E-state index in [0.29, 0.717) is 34.4 Å². The van der Waals surface area contributed by atoms with Crippen molar-refractivity contribution in [2.24, 2.45) is 0 Å². The Hall–Kier alpha value is -3.88.